The van der Waals surface area contributed by atoms with Crippen LogP contribution in [0.1, 0.15) is 36.8 Å². The first-order chi connectivity index (χ1) is 7.66. The van der Waals surface area contributed by atoms with Crippen molar-refractivity contribution in [2.45, 2.75) is 43.1 Å². The van der Waals surface area contributed by atoms with E-state index in [9.17, 15) is 10.2 Å². The number of benzene rings is 1. The molecule has 0 radical (unpaired) electrons. The molecule has 1 aromatic carbocycles. The van der Waals surface area contributed by atoms with Gasteiger partial charge >= 0.3 is 0 Å². The van der Waals surface area contributed by atoms with E-state index < -0.39 is 5.60 Å². The van der Waals surface area contributed by atoms with Crippen LogP contribution in [0.25, 0.3) is 0 Å². The summed E-state index contributed by atoms with van der Waals surface area (Å²) in [6.45, 7) is 0.251. The Bertz CT molecular complexity index is 403. The summed E-state index contributed by atoms with van der Waals surface area (Å²) < 4.78 is 0. The van der Waals surface area contributed by atoms with Crippen LogP contribution in [-0.4, -0.2) is 22.4 Å². The van der Waals surface area contributed by atoms with Crippen LogP contribution in [-0.2, 0) is 11.8 Å². The third-order valence-corrected chi connectivity index (χ3v) is 4.06. The third kappa shape index (κ3) is 1.76. The van der Waals surface area contributed by atoms with E-state index in [2.05, 4.69) is 18.2 Å². The Kier molecular flexibility index (Phi) is 2.13. The highest BCUT2D eigenvalue weighted by atomic mass is 16.3. The first kappa shape index (κ1) is 10.3. The minimum Gasteiger partial charge on any atom is -0.395 e. The van der Waals surface area contributed by atoms with Gasteiger partial charge in [0, 0.05) is 11.8 Å². The van der Waals surface area contributed by atoms with Crippen molar-refractivity contribution in [3.63, 3.8) is 0 Å². The number of hydrogen-bond donors (Lipinski definition) is 2. The molecule has 0 unspecified atom stereocenters. The van der Waals surface area contributed by atoms with E-state index in [0.29, 0.717) is 0 Å². The zero-order valence-electron chi connectivity index (χ0n) is 9.45. The molecule has 2 fully saturated rings. The fourth-order valence-corrected chi connectivity index (χ4v) is 2.40. The smallest absolute Gasteiger partial charge is 0.0690 e. The second kappa shape index (κ2) is 3.31. The Labute approximate surface area is 95.9 Å². The van der Waals surface area contributed by atoms with Gasteiger partial charge in [-0.25, -0.2) is 0 Å². The highest BCUT2D eigenvalue weighted by Crippen LogP contribution is 2.48. The predicted molar refractivity (Wildman–Crippen MR) is 62.3 cm³/mol. The van der Waals surface area contributed by atoms with Gasteiger partial charge in [-0.05, 0) is 36.8 Å². The predicted octanol–water partition coefficient (Wildman–Crippen LogP) is 1.78. The van der Waals surface area contributed by atoms with E-state index in [1.54, 1.807) is 0 Å². The van der Waals surface area contributed by atoms with Crippen LogP contribution in [0.15, 0.2) is 24.3 Å². The van der Waals surface area contributed by atoms with Crippen LogP contribution in [0.5, 0.6) is 0 Å². The van der Waals surface area contributed by atoms with Crippen LogP contribution in [0.2, 0.25) is 0 Å². The normalized spacial score (nSPS) is 24.1. The molecule has 0 heterocycles. The average molecular weight is 218 g/mol. The maximum absolute atomic E-state index is 9.90. The third-order valence-electron chi connectivity index (χ3n) is 4.06. The van der Waals surface area contributed by atoms with E-state index in [1.807, 2.05) is 6.07 Å². The summed E-state index contributed by atoms with van der Waals surface area (Å²) >= 11 is 0. The maximum Gasteiger partial charge on any atom is 0.0690 e. The second-order valence-corrected chi connectivity index (χ2v) is 5.54. The molecule has 2 aliphatic rings. The van der Waals surface area contributed by atoms with Crippen molar-refractivity contribution in [3.8, 4) is 0 Å². The fraction of sp³-hybridized carbons (Fsp3) is 0.571. The van der Waals surface area contributed by atoms with Crippen molar-refractivity contribution in [1.82, 2.24) is 0 Å². The molecular formula is C14H18O2. The first-order valence-electron chi connectivity index (χ1n) is 6.09. The summed E-state index contributed by atoms with van der Waals surface area (Å²) in [5.74, 6) is 0. The molecule has 2 N–H and O–H groups in total. The second-order valence-electron chi connectivity index (χ2n) is 5.54. The largest absolute Gasteiger partial charge is 0.395 e. The van der Waals surface area contributed by atoms with Crippen molar-refractivity contribution in [2.24, 2.45) is 0 Å². The van der Waals surface area contributed by atoms with Gasteiger partial charge in [0.1, 0.15) is 0 Å². The molecule has 2 aliphatic carbocycles. The molecule has 2 nitrogen and oxygen atoms in total. The summed E-state index contributed by atoms with van der Waals surface area (Å²) in [5, 5.41) is 19.3. The summed E-state index contributed by atoms with van der Waals surface area (Å²) in [6, 6.07) is 8.39. The molecule has 0 atom stereocenters. The Balaban J connectivity index is 1.82. The van der Waals surface area contributed by atoms with Crippen LogP contribution >= 0.6 is 0 Å². The minimum absolute atomic E-state index is 0.0438. The minimum atomic E-state index is -0.422. The lowest BCUT2D eigenvalue weighted by Gasteiger charge is -2.14. The number of aliphatic hydroxyl groups is 2. The van der Waals surface area contributed by atoms with Crippen molar-refractivity contribution in [3.05, 3.63) is 35.4 Å². The molecule has 0 bridgehead atoms. The Hall–Kier alpha value is -0.860. The van der Waals surface area contributed by atoms with Gasteiger partial charge in [-0.3, -0.25) is 0 Å². The SMILES string of the molecule is OCC1(c2cccc(CC3(O)CC3)c2)CC1. The molecule has 16 heavy (non-hydrogen) atoms. The highest BCUT2D eigenvalue weighted by Gasteiger charge is 2.44. The number of aliphatic hydroxyl groups excluding tert-OH is 1. The molecule has 0 aliphatic heterocycles. The lowest BCUT2D eigenvalue weighted by Crippen LogP contribution is -2.14. The topological polar surface area (TPSA) is 40.5 Å². The molecule has 0 saturated heterocycles. The molecule has 3 rings (SSSR count). The molecule has 0 amide bonds. The van der Waals surface area contributed by atoms with Crippen LogP contribution < -0.4 is 0 Å². The van der Waals surface area contributed by atoms with Crippen molar-refractivity contribution in [2.75, 3.05) is 6.61 Å². The van der Waals surface area contributed by atoms with Gasteiger partial charge in [-0.2, -0.15) is 0 Å². The summed E-state index contributed by atoms with van der Waals surface area (Å²) in [5.41, 5.74) is 2.07. The molecule has 2 heteroatoms. The number of rotatable bonds is 4. The summed E-state index contributed by atoms with van der Waals surface area (Å²) in [7, 11) is 0. The van der Waals surface area contributed by atoms with Crippen molar-refractivity contribution < 1.29 is 10.2 Å². The van der Waals surface area contributed by atoms with E-state index in [4.69, 9.17) is 0 Å². The van der Waals surface area contributed by atoms with Crippen LogP contribution in [0, 0.1) is 0 Å². The van der Waals surface area contributed by atoms with Gasteiger partial charge < -0.3 is 10.2 Å². The zero-order chi connectivity index (χ0) is 11.2. The Morgan fingerprint density at radius 3 is 2.44 bits per heavy atom. The molecular weight excluding hydrogens is 200 g/mol. The van der Waals surface area contributed by atoms with E-state index in [-0.39, 0.29) is 12.0 Å². The molecule has 86 valence electrons. The summed E-state index contributed by atoms with van der Waals surface area (Å²) in [4.78, 5) is 0. The average Bonchev–Trinajstić information content (AvgIpc) is 3.17. The van der Waals surface area contributed by atoms with Gasteiger partial charge in [0.2, 0.25) is 0 Å². The van der Waals surface area contributed by atoms with Crippen molar-refractivity contribution >= 4 is 0 Å². The Morgan fingerprint density at radius 1 is 1.12 bits per heavy atom. The van der Waals surface area contributed by atoms with Gasteiger partial charge in [0.15, 0.2) is 0 Å². The fourth-order valence-electron chi connectivity index (χ4n) is 2.40. The number of hydrogen-bond acceptors (Lipinski definition) is 2. The van der Waals surface area contributed by atoms with Crippen LogP contribution in [0.4, 0.5) is 0 Å². The highest BCUT2D eigenvalue weighted by molar-refractivity contribution is 5.35. The van der Waals surface area contributed by atoms with E-state index in [0.717, 1.165) is 32.1 Å². The molecule has 1 aromatic rings. The van der Waals surface area contributed by atoms with Gasteiger partial charge in [-0.15, -0.1) is 0 Å². The van der Waals surface area contributed by atoms with Crippen molar-refractivity contribution in [1.29, 1.82) is 0 Å². The first-order valence-corrected chi connectivity index (χ1v) is 6.09. The quantitative estimate of drug-likeness (QED) is 0.808. The zero-order valence-corrected chi connectivity index (χ0v) is 9.45. The maximum atomic E-state index is 9.90. The van der Waals surface area contributed by atoms with E-state index >= 15 is 0 Å². The van der Waals surface area contributed by atoms with Gasteiger partial charge in [0.05, 0.1) is 12.2 Å². The lowest BCUT2D eigenvalue weighted by atomic mass is 9.93. The van der Waals surface area contributed by atoms with E-state index in [1.165, 1.54) is 11.1 Å². The summed E-state index contributed by atoms with van der Waals surface area (Å²) in [6.07, 6.45) is 4.82. The molecule has 0 spiro atoms. The lowest BCUT2D eigenvalue weighted by molar-refractivity contribution is 0.151. The molecule has 0 aromatic heterocycles. The monoisotopic (exact) mass is 218 g/mol. The standard InChI is InChI=1S/C14H18O2/c15-10-13(4-5-13)12-3-1-2-11(8-12)9-14(16)6-7-14/h1-3,8,15-16H,4-7,9-10H2. The van der Waals surface area contributed by atoms with Crippen LogP contribution in [0.3, 0.4) is 0 Å². The van der Waals surface area contributed by atoms with Gasteiger partial charge in [0.25, 0.3) is 0 Å². The van der Waals surface area contributed by atoms with Gasteiger partial charge in [-0.1, -0.05) is 24.3 Å². The molecule has 2 saturated carbocycles. The Morgan fingerprint density at radius 2 is 1.88 bits per heavy atom.